The van der Waals surface area contributed by atoms with Gasteiger partial charge in [-0.15, -0.1) is 11.3 Å². The van der Waals surface area contributed by atoms with Crippen LogP contribution in [-0.4, -0.2) is 48.4 Å². The van der Waals surface area contributed by atoms with E-state index in [1.54, 1.807) is 19.2 Å². The third-order valence-electron chi connectivity index (χ3n) is 5.58. The lowest BCUT2D eigenvalue weighted by atomic mass is 9.95. The Morgan fingerprint density at radius 3 is 2.58 bits per heavy atom. The molecule has 4 rings (SSSR count). The number of amides is 2. The van der Waals surface area contributed by atoms with Crippen LogP contribution in [0.4, 0.5) is 15.2 Å². The van der Waals surface area contributed by atoms with Gasteiger partial charge in [0, 0.05) is 16.9 Å². The highest BCUT2D eigenvalue weighted by molar-refractivity contribution is 7.14. The Morgan fingerprint density at radius 2 is 1.85 bits per heavy atom. The molecule has 9 heteroatoms. The van der Waals surface area contributed by atoms with Gasteiger partial charge in [0.2, 0.25) is 11.8 Å². The second-order valence-electron chi connectivity index (χ2n) is 7.83. The van der Waals surface area contributed by atoms with Gasteiger partial charge in [0.15, 0.2) is 5.13 Å². The highest BCUT2D eigenvalue weighted by Crippen LogP contribution is 2.27. The van der Waals surface area contributed by atoms with Crippen molar-refractivity contribution in [2.45, 2.75) is 12.8 Å². The van der Waals surface area contributed by atoms with Gasteiger partial charge in [-0.05, 0) is 62.3 Å². The van der Waals surface area contributed by atoms with Gasteiger partial charge in [-0.25, -0.2) is 9.37 Å². The minimum Gasteiger partial charge on any atom is -0.495 e. The highest BCUT2D eigenvalue weighted by atomic mass is 32.1. The molecule has 2 amide bonds. The summed E-state index contributed by atoms with van der Waals surface area (Å²) in [6, 6.07) is 13.4. The highest BCUT2D eigenvalue weighted by Gasteiger charge is 2.26. The number of nitrogens with zero attached hydrogens (tertiary/aromatic N) is 2. The number of methoxy groups -OCH3 is 1. The zero-order chi connectivity index (χ0) is 23.2. The Balaban J connectivity index is 1.24. The number of thiazole rings is 1. The second kappa shape index (κ2) is 10.5. The van der Waals surface area contributed by atoms with Gasteiger partial charge in [-0.2, -0.15) is 0 Å². The van der Waals surface area contributed by atoms with Crippen LogP contribution in [0.1, 0.15) is 12.8 Å². The number of rotatable bonds is 7. The smallest absolute Gasteiger partial charge is 0.240 e. The largest absolute Gasteiger partial charge is 0.495 e. The number of hydrogen-bond acceptors (Lipinski definition) is 6. The van der Waals surface area contributed by atoms with Crippen molar-refractivity contribution in [1.29, 1.82) is 0 Å². The van der Waals surface area contributed by atoms with E-state index in [-0.39, 0.29) is 30.1 Å². The Morgan fingerprint density at radius 1 is 1.12 bits per heavy atom. The summed E-state index contributed by atoms with van der Waals surface area (Å²) >= 11 is 1.33. The lowest BCUT2D eigenvalue weighted by Crippen LogP contribution is -2.41. The summed E-state index contributed by atoms with van der Waals surface area (Å²) in [6.07, 6.45) is 1.36. The van der Waals surface area contributed by atoms with Crippen LogP contribution in [0.3, 0.4) is 0 Å². The number of likely N-dealkylation sites (tertiary alicyclic amines) is 1. The molecule has 1 fully saturated rings. The Bertz CT molecular complexity index is 1110. The van der Waals surface area contributed by atoms with Crippen molar-refractivity contribution in [2.24, 2.45) is 5.92 Å². The summed E-state index contributed by atoms with van der Waals surface area (Å²) in [5.74, 6) is 0.0476. The monoisotopic (exact) mass is 468 g/mol. The predicted octanol–water partition coefficient (Wildman–Crippen LogP) is 4.25. The normalized spacial score (nSPS) is 14.6. The third-order valence-corrected chi connectivity index (χ3v) is 6.34. The second-order valence-corrected chi connectivity index (χ2v) is 8.69. The number of para-hydroxylation sites is 2. The summed E-state index contributed by atoms with van der Waals surface area (Å²) in [6.45, 7) is 1.57. The maximum atomic E-state index is 13.1. The molecule has 2 N–H and O–H groups in total. The fraction of sp³-hybridized carbons (Fsp3) is 0.292. The molecule has 1 aromatic heterocycles. The fourth-order valence-corrected chi connectivity index (χ4v) is 4.52. The van der Waals surface area contributed by atoms with E-state index in [1.807, 2.05) is 34.5 Å². The average molecular weight is 469 g/mol. The predicted molar refractivity (Wildman–Crippen MR) is 127 cm³/mol. The zero-order valence-corrected chi connectivity index (χ0v) is 19.0. The SMILES string of the molecule is COc1ccccc1NC(=O)C1CCN(CC(=O)Nc2nc(-c3ccc(F)cc3)cs2)CC1. The molecule has 0 radical (unpaired) electrons. The molecule has 0 unspecified atom stereocenters. The van der Waals surface area contributed by atoms with E-state index < -0.39 is 0 Å². The first-order chi connectivity index (χ1) is 16.0. The molecule has 0 atom stereocenters. The number of carbonyl (C=O) groups is 2. The number of nitrogens with one attached hydrogen (secondary N) is 2. The Hall–Kier alpha value is -3.30. The van der Waals surface area contributed by atoms with Crippen molar-refractivity contribution in [3.63, 3.8) is 0 Å². The number of carbonyl (C=O) groups excluding carboxylic acids is 2. The minimum absolute atomic E-state index is 0.0280. The van der Waals surface area contributed by atoms with Crippen LogP contribution >= 0.6 is 11.3 Å². The first-order valence-corrected chi connectivity index (χ1v) is 11.6. The molecular weight excluding hydrogens is 443 g/mol. The lowest BCUT2D eigenvalue weighted by molar-refractivity contribution is -0.121. The average Bonchev–Trinajstić information content (AvgIpc) is 3.28. The van der Waals surface area contributed by atoms with E-state index in [9.17, 15) is 14.0 Å². The number of hydrogen-bond donors (Lipinski definition) is 2. The molecule has 0 bridgehead atoms. The van der Waals surface area contributed by atoms with Crippen LogP contribution in [0, 0.1) is 11.7 Å². The molecule has 1 saturated heterocycles. The minimum atomic E-state index is -0.302. The van der Waals surface area contributed by atoms with Crippen molar-refractivity contribution < 1.29 is 18.7 Å². The van der Waals surface area contributed by atoms with E-state index in [4.69, 9.17) is 4.74 Å². The number of benzene rings is 2. The lowest BCUT2D eigenvalue weighted by Gasteiger charge is -2.30. The van der Waals surface area contributed by atoms with Crippen molar-refractivity contribution in [3.8, 4) is 17.0 Å². The number of halogens is 1. The van der Waals surface area contributed by atoms with Crippen LogP contribution in [0.15, 0.2) is 53.9 Å². The van der Waals surface area contributed by atoms with Crippen LogP contribution < -0.4 is 15.4 Å². The van der Waals surface area contributed by atoms with Gasteiger partial charge in [-0.3, -0.25) is 14.5 Å². The van der Waals surface area contributed by atoms with Crippen molar-refractivity contribution >= 4 is 34.0 Å². The number of ether oxygens (including phenoxy) is 1. The van der Waals surface area contributed by atoms with Gasteiger partial charge in [0.05, 0.1) is 25.0 Å². The number of aromatic nitrogens is 1. The van der Waals surface area contributed by atoms with Crippen LogP contribution in [-0.2, 0) is 9.59 Å². The van der Waals surface area contributed by atoms with Gasteiger partial charge < -0.3 is 15.4 Å². The topological polar surface area (TPSA) is 83.6 Å². The van der Waals surface area contributed by atoms with Crippen molar-refractivity contribution in [2.75, 3.05) is 37.4 Å². The maximum Gasteiger partial charge on any atom is 0.240 e. The van der Waals surface area contributed by atoms with E-state index in [0.29, 0.717) is 48.2 Å². The first kappa shape index (κ1) is 22.9. The summed E-state index contributed by atoms with van der Waals surface area (Å²) in [4.78, 5) is 31.6. The van der Waals surface area contributed by atoms with Crippen molar-refractivity contribution in [1.82, 2.24) is 9.88 Å². The molecule has 0 spiro atoms. The molecule has 0 saturated carbocycles. The zero-order valence-electron chi connectivity index (χ0n) is 18.2. The Kier molecular flexibility index (Phi) is 7.31. The molecule has 3 aromatic rings. The first-order valence-electron chi connectivity index (χ1n) is 10.7. The summed E-state index contributed by atoms with van der Waals surface area (Å²) in [5.41, 5.74) is 2.15. The fourth-order valence-electron chi connectivity index (χ4n) is 3.78. The molecule has 1 aliphatic heterocycles. The Labute approximate surface area is 195 Å². The molecule has 7 nitrogen and oxygen atoms in total. The number of piperidine rings is 1. The van der Waals surface area contributed by atoms with Gasteiger partial charge in [0.25, 0.3) is 0 Å². The molecule has 172 valence electrons. The molecular formula is C24H25FN4O3S. The molecule has 2 heterocycles. The van der Waals surface area contributed by atoms with Gasteiger partial charge in [0.1, 0.15) is 11.6 Å². The maximum absolute atomic E-state index is 13.1. The van der Waals surface area contributed by atoms with E-state index in [2.05, 4.69) is 15.6 Å². The van der Waals surface area contributed by atoms with E-state index >= 15 is 0 Å². The standard InChI is InChI=1S/C24H25FN4O3S/c1-32-21-5-3-2-4-19(21)26-23(31)17-10-12-29(13-11-17)14-22(30)28-24-27-20(15-33-24)16-6-8-18(25)9-7-16/h2-9,15,17H,10-14H2,1H3,(H,26,31)(H,27,28,30). The van der Waals surface area contributed by atoms with Gasteiger partial charge >= 0.3 is 0 Å². The number of anilines is 2. The molecule has 2 aromatic carbocycles. The van der Waals surface area contributed by atoms with Crippen LogP contribution in [0.2, 0.25) is 0 Å². The van der Waals surface area contributed by atoms with E-state index in [0.717, 1.165) is 5.56 Å². The van der Waals surface area contributed by atoms with E-state index in [1.165, 1.54) is 23.5 Å². The summed E-state index contributed by atoms with van der Waals surface area (Å²) in [5, 5.41) is 8.11. The molecule has 0 aliphatic carbocycles. The van der Waals surface area contributed by atoms with Crippen molar-refractivity contribution in [3.05, 3.63) is 59.7 Å². The molecule has 33 heavy (non-hydrogen) atoms. The third kappa shape index (κ3) is 5.94. The van der Waals surface area contributed by atoms with Gasteiger partial charge in [-0.1, -0.05) is 12.1 Å². The molecule has 1 aliphatic rings. The van der Waals surface area contributed by atoms with Crippen LogP contribution in [0.25, 0.3) is 11.3 Å². The summed E-state index contributed by atoms with van der Waals surface area (Å²) < 4.78 is 18.4. The van der Waals surface area contributed by atoms with Crippen LogP contribution in [0.5, 0.6) is 5.75 Å². The summed E-state index contributed by atoms with van der Waals surface area (Å²) in [7, 11) is 1.57. The quantitative estimate of drug-likeness (QED) is 0.542.